The van der Waals surface area contributed by atoms with Crippen LogP contribution in [-0.4, -0.2) is 36.9 Å². The number of hydrogen-bond acceptors (Lipinski definition) is 6. The van der Waals surface area contributed by atoms with E-state index in [1.807, 2.05) is 0 Å². The molecule has 0 aliphatic carbocycles. The van der Waals surface area contributed by atoms with E-state index in [0.717, 1.165) is 18.2 Å². The molecule has 0 aliphatic rings. The Morgan fingerprint density at radius 3 is 2.14 bits per heavy atom. The summed E-state index contributed by atoms with van der Waals surface area (Å²) in [6.07, 6.45) is 0.579. The highest BCUT2D eigenvalue weighted by molar-refractivity contribution is 7.89. The fraction of sp³-hybridized carbons (Fsp3) is 0.400. The van der Waals surface area contributed by atoms with Crippen LogP contribution < -0.4 is 5.30 Å². The van der Waals surface area contributed by atoms with Crippen molar-refractivity contribution in [1.29, 1.82) is 0 Å². The van der Waals surface area contributed by atoms with Crippen LogP contribution in [0.25, 0.3) is 0 Å². The number of aliphatic hydroxyl groups excluding tert-OH is 1. The Kier molecular flexibility index (Phi) is 5.70. The second kappa shape index (κ2) is 6.55. The normalized spacial score (nSPS) is 15.6. The first-order valence-corrected chi connectivity index (χ1v) is 10.2. The number of rotatable bonds is 6. The summed E-state index contributed by atoms with van der Waals surface area (Å²) < 4.78 is 75.5. The van der Waals surface area contributed by atoms with E-state index in [0.29, 0.717) is 6.42 Å². The Balaban J connectivity index is 3.66. The molecule has 0 fully saturated rings. The van der Waals surface area contributed by atoms with Gasteiger partial charge < -0.3 is 9.67 Å². The molecule has 3 N–H and O–H groups in total. The molecule has 21 heavy (non-hydrogen) atoms. The largest absolute Gasteiger partial charge is 0.385 e. The summed E-state index contributed by atoms with van der Waals surface area (Å²) in [7, 11) is -13.1. The number of benzene rings is 1. The van der Waals surface area contributed by atoms with Crippen LogP contribution in [0.4, 0.5) is 0 Å². The SMILES string of the molecule is CCCC(O)[PH](=O)c1cccc(S(=O)(=O)O)c1S(=O)(=O)O. The predicted molar refractivity (Wildman–Crippen MR) is 75.6 cm³/mol. The van der Waals surface area contributed by atoms with Crippen LogP contribution in [0.3, 0.4) is 0 Å². The van der Waals surface area contributed by atoms with Crippen molar-refractivity contribution < 1.29 is 35.6 Å². The van der Waals surface area contributed by atoms with Gasteiger partial charge in [-0.25, -0.2) is 0 Å². The zero-order chi connectivity index (χ0) is 16.4. The van der Waals surface area contributed by atoms with Crippen LogP contribution in [0.5, 0.6) is 0 Å². The van der Waals surface area contributed by atoms with Crippen LogP contribution in [0.1, 0.15) is 19.8 Å². The molecule has 0 spiro atoms. The third kappa shape index (κ3) is 4.35. The van der Waals surface area contributed by atoms with Gasteiger partial charge in [0.05, 0.1) is 0 Å². The van der Waals surface area contributed by atoms with E-state index in [1.165, 1.54) is 0 Å². The van der Waals surface area contributed by atoms with Crippen LogP contribution >= 0.6 is 7.80 Å². The topological polar surface area (TPSA) is 146 Å². The summed E-state index contributed by atoms with van der Waals surface area (Å²) in [5.41, 5.74) is 0. The first-order chi connectivity index (χ1) is 9.50. The molecule has 0 saturated heterocycles. The minimum atomic E-state index is -5.07. The van der Waals surface area contributed by atoms with E-state index in [-0.39, 0.29) is 6.42 Å². The molecule has 8 nitrogen and oxygen atoms in total. The highest BCUT2D eigenvalue weighted by Crippen LogP contribution is 2.33. The fourth-order valence-corrected chi connectivity index (χ4v) is 5.97. The van der Waals surface area contributed by atoms with Gasteiger partial charge in [-0.3, -0.25) is 9.11 Å². The van der Waals surface area contributed by atoms with Crippen LogP contribution in [0.2, 0.25) is 0 Å². The lowest BCUT2D eigenvalue weighted by atomic mass is 10.3. The minimum absolute atomic E-state index is 0.110. The molecule has 0 heterocycles. The quantitative estimate of drug-likeness (QED) is 0.492. The van der Waals surface area contributed by atoms with Gasteiger partial charge >= 0.3 is 0 Å². The van der Waals surface area contributed by atoms with Crippen molar-refractivity contribution in [3.8, 4) is 0 Å². The van der Waals surface area contributed by atoms with E-state index in [4.69, 9.17) is 9.11 Å². The van der Waals surface area contributed by atoms with Crippen LogP contribution in [0, 0.1) is 0 Å². The molecular formula is C10H15O8PS2. The van der Waals surface area contributed by atoms with Gasteiger partial charge in [-0.1, -0.05) is 25.5 Å². The Morgan fingerprint density at radius 1 is 1.14 bits per heavy atom. The molecule has 2 unspecified atom stereocenters. The standard InChI is InChI=1S/C10H15O8PS2/c1-2-4-9(11)19(12)7-5-3-6-8(20(13,14)15)10(7)21(16,17)18/h3,5-6,9,11,19H,2,4H2,1H3,(H,13,14,15)(H,16,17,18). The van der Waals surface area contributed by atoms with E-state index >= 15 is 0 Å². The smallest absolute Gasteiger partial charge is 0.296 e. The lowest BCUT2D eigenvalue weighted by Crippen LogP contribution is -2.20. The molecule has 1 aromatic rings. The van der Waals surface area contributed by atoms with Crippen molar-refractivity contribution in [2.75, 3.05) is 0 Å². The molecule has 0 bridgehead atoms. The monoisotopic (exact) mass is 358 g/mol. The molecule has 11 heteroatoms. The van der Waals surface area contributed by atoms with Gasteiger partial charge in [0, 0.05) is 5.30 Å². The molecule has 2 atom stereocenters. The maximum absolute atomic E-state index is 12.2. The van der Waals surface area contributed by atoms with Gasteiger partial charge in [-0.2, -0.15) is 16.8 Å². The van der Waals surface area contributed by atoms with Crippen molar-refractivity contribution in [3.63, 3.8) is 0 Å². The Morgan fingerprint density at radius 2 is 1.71 bits per heavy atom. The molecule has 0 radical (unpaired) electrons. The van der Waals surface area contributed by atoms with E-state index in [2.05, 4.69) is 0 Å². The lowest BCUT2D eigenvalue weighted by Gasteiger charge is -2.14. The molecule has 1 rings (SSSR count). The number of aliphatic hydroxyl groups is 1. The zero-order valence-electron chi connectivity index (χ0n) is 10.9. The predicted octanol–water partition coefficient (Wildman–Crippen LogP) is 0.484. The molecule has 0 aromatic heterocycles. The average Bonchev–Trinajstić information content (AvgIpc) is 2.35. The van der Waals surface area contributed by atoms with Crippen molar-refractivity contribution in [2.45, 2.75) is 35.4 Å². The Labute approximate surface area is 123 Å². The van der Waals surface area contributed by atoms with Crippen molar-refractivity contribution in [2.24, 2.45) is 0 Å². The fourth-order valence-electron chi connectivity index (χ4n) is 1.76. The molecule has 0 saturated carbocycles. The highest BCUT2D eigenvalue weighted by atomic mass is 32.2. The van der Waals surface area contributed by atoms with Gasteiger partial charge in [0.15, 0.2) is 0 Å². The number of hydrogen-bond donors (Lipinski definition) is 3. The second-order valence-corrected chi connectivity index (χ2v) is 8.93. The van der Waals surface area contributed by atoms with Crippen molar-refractivity contribution >= 4 is 33.3 Å². The first-order valence-electron chi connectivity index (χ1n) is 5.80. The van der Waals surface area contributed by atoms with Crippen molar-refractivity contribution in [1.82, 2.24) is 0 Å². The van der Waals surface area contributed by atoms with Gasteiger partial charge in [0.25, 0.3) is 20.2 Å². The van der Waals surface area contributed by atoms with Crippen LogP contribution in [-0.2, 0) is 24.8 Å². The summed E-state index contributed by atoms with van der Waals surface area (Å²) in [5, 5.41) is 9.18. The van der Waals surface area contributed by atoms with Crippen molar-refractivity contribution in [3.05, 3.63) is 18.2 Å². The maximum Gasteiger partial charge on any atom is 0.296 e. The molecular weight excluding hydrogens is 343 g/mol. The van der Waals surface area contributed by atoms with Gasteiger partial charge in [-0.15, -0.1) is 0 Å². The molecule has 120 valence electrons. The van der Waals surface area contributed by atoms with Crippen LogP contribution in [0.15, 0.2) is 28.0 Å². The van der Waals surface area contributed by atoms with Gasteiger partial charge in [0.1, 0.15) is 23.4 Å². The van der Waals surface area contributed by atoms with E-state index in [9.17, 15) is 26.5 Å². The summed E-state index contributed by atoms with van der Waals surface area (Å²) >= 11 is 0. The second-order valence-electron chi connectivity index (χ2n) is 4.25. The molecule has 0 amide bonds. The van der Waals surface area contributed by atoms with E-state index in [1.54, 1.807) is 6.92 Å². The average molecular weight is 358 g/mol. The van der Waals surface area contributed by atoms with Gasteiger partial charge in [-0.05, 0) is 12.5 Å². The third-order valence-corrected chi connectivity index (χ3v) is 6.65. The highest BCUT2D eigenvalue weighted by Gasteiger charge is 2.30. The summed E-state index contributed by atoms with van der Waals surface area (Å²) in [6.45, 7) is 1.71. The van der Waals surface area contributed by atoms with Gasteiger partial charge in [0.2, 0.25) is 0 Å². The lowest BCUT2D eigenvalue weighted by molar-refractivity contribution is 0.241. The maximum atomic E-state index is 12.2. The summed E-state index contributed by atoms with van der Waals surface area (Å²) in [6, 6.07) is 2.84. The minimum Gasteiger partial charge on any atom is -0.385 e. The zero-order valence-corrected chi connectivity index (χ0v) is 13.6. The third-order valence-electron chi connectivity index (χ3n) is 2.64. The first kappa shape index (κ1) is 18.3. The Hall–Kier alpha value is -0.770. The summed E-state index contributed by atoms with van der Waals surface area (Å²) in [5.74, 6) is -1.36. The summed E-state index contributed by atoms with van der Waals surface area (Å²) in [4.78, 5) is -2.24. The van der Waals surface area contributed by atoms with E-state index < -0.39 is 49.0 Å². The molecule has 1 aromatic carbocycles. The molecule has 0 aliphatic heterocycles. The Bertz CT molecular complexity index is 753.